The Bertz CT molecular complexity index is 560. The van der Waals surface area contributed by atoms with Crippen molar-refractivity contribution < 1.29 is 18.7 Å². The van der Waals surface area contributed by atoms with Crippen LogP contribution in [0.1, 0.15) is 32.1 Å². The summed E-state index contributed by atoms with van der Waals surface area (Å²) in [6, 6.07) is 4.46. The van der Waals surface area contributed by atoms with E-state index < -0.39 is 11.4 Å². The molecule has 1 aliphatic carbocycles. The Balaban J connectivity index is 0.00000192. The van der Waals surface area contributed by atoms with Crippen LogP contribution in [-0.2, 0) is 9.53 Å². The third kappa shape index (κ3) is 4.13. The van der Waals surface area contributed by atoms with Gasteiger partial charge in [0.15, 0.2) is 11.6 Å². The lowest BCUT2D eigenvalue weighted by atomic mass is 9.90. The van der Waals surface area contributed by atoms with E-state index in [9.17, 15) is 9.18 Å². The molecule has 1 aromatic rings. The molecule has 7 heteroatoms. The van der Waals surface area contributed by atoms with E-state index >= 15 is 0 Å². The predicted octanol–water partition coefficient (Wildman–Crippen LogP) is 2.63. The Morgan fingerprint density at radius 1 is 1.35 bits per heavy atom. The van der Waals surface area contributed by atoms with Crippen LogP contribution in [0.15, 0.2) is 18.2 Å². The van der Waals surface area contributed by atoms with E-state index in [2.05, 4.69) is 5.32 Å². The highest BCUT2D eigenvalue weighted by Gasteiger charge is 2.36. The number of carbonyl (C=O) groups is 1. The van der Waals surface area contributed by atoms with Crippen molar-refractivity contribution in [3.63, 3.8) is 0 Å². The maximum absolute atomic E-state index is 14.0. The zero-order valence-electron chi connectivity index (χ0n) is 12.8. The molecule has 1 amide bonds. The molecule has 3 N–H and O–H groups in total. The Kier molecular flexibility index (Phi) is 5.84. The van der Waals surface area contributed by atoms with Gasteiger partial charge in [-0.3, -0.25) is 4.79 Å². The normalized spacial score (nSPS) is 20.1. The number of halogens is 2. The molecule has 0 atom stereocenters. The van der Waals surface area contributed by atoms with Crippen LogP contribution < -0.4 is 15.8 Å². The van der Waals surface area contributed by atoms with Crippen molar-refractivity contribution in [3.8, 4) is 5.75 Å². The van der Waals surface area contributed by atoms with Crippen LogP contribution in [0.25, 0.3) is 0 Å². The topological polar surface area (TPSA) is 73.6 Å². The van der Waals surface area contributed by atoms with Crippen LogP contribution in [0.3, 0.4) is 0 Å². The maximum atomic E-state index is 14.0. The first-order valence-electron chi connectivity index (χ1n) is 7.71. The highest BCUT2D eigenvalue weighted by atomic mass is 35.5. The fraction of sp³-hybridized carbons (Fsp3) is 0.562. The first kappa shape index (κ1) is 18.0. The van der Waals surface area contributed by atoms with Gasteiger partial charge in [0.2, 0.25) is 5.91 Å². The second kappa shape index (κ2) is 7.47. The van der Waals surface area contributed by atoms with Gasteiger partial charge in [0, 0.05) is 25.0 Å². The van der Waals surface area contributed by atoms with Crippen LogP contribution in [0.2, 0.25) is 0 Å². The van der Waals surface area contributed by atoms with Gasteiger partial charge >= 0.3 is 0 Å². The zero-order valence-corrected chi connectivity index (χ0v) is 13.7. The van der Waals surface area contributed by atoms with Gasteiger partial charge in [-0.1, -0.05) is 0 Å². The Morgan fingerprint density at radius 3 is 2.61 bits per heavy atom. The molecule has 2 aliphatic rings. The number of hydrogen-bond donors (Lipinski definition) is 2. The van der Waals surface area contributed by atoms with Crippen molar-refractivity contribution in [2.24, 2.45) is 5.73 Å². The average Bonchev–Trinajstić information content (AvgIpc) is 2.45. The number of nitrogens with two attached hydrogens (primary N) is 1. The lowest BCUT2D eigenvalue weighted by Gasteiger charge is -2.31. The molecule has 1 saturated heterocycles. The molecule has 0 spiro atoms. The van der Waals surface area contributed by atoms with E-state index in [0.717, 1.165) is 19.3 Å². The molecule has 1 saturated carbocycles. The van der Waals surface area contributed by atoms with Gasteiger partial charge < -0.3 is 20.5 Å². The molecule has 3 rings (SSSR count). The fourth-order valence-electron chi connectivity index (χ4n) is 2.56. The van der Waals surface area contributed by atoms with Gasteiger partial charge in [0.25, 0.3) is 0 Å². The van der Waals surface area contributed by atoms with Gasteiger partial charge in [-0.2, -0.15) is 0 Å². The summed E-state index contributed by atoms with van der Waals surface area (Å²) in [6.07, 6.45) is 4.10. The molecule has 0 bridgehead atoms. The molecule has 5 nitrogen and oxygen atoms in total. The minimum absolute atomic E-state index is 0. The summed E-state index contributed by atoms with van der Waals surface area (Å²) in [6.45, 7) is 0.929. The SMILES string of the molecule is Cl.NC1(C(=O)Nc2ccc(OC3CCC3)c(F)c2)CCOCC1. The third-order valence-corrected chi connectivity index (χ3v) is 4.37. The van der Waals surface area contributed by atoms with Crippen LogP contribution in [-0.4, -0.2) is 30.8 Å². The molecular weight excluding hydrogens is 323 g/mol. The van der Waals surface area contributed by atoms with Crippen molar-refractivity contribution in [2.45, 2.75) is 43.7 Å². The number of carbonyl (C=O) groups excluding carboxylic acids is 1. The Labute approximate surface area is 141 Å². The molecule has 1 heterocycles. The molecule has 2 fully saturated rings. The number of benzene rings is 1. The molecule has 0 unspecified atom stereocenters. The quantitative estimate of drug-likeness (QED) is 0.880. The molecule has 1 aromatic carbocycles. The minimum Gasteiger partial charge on any atom is -0.487 e. The van der Waals surface area contributed by atoms with Crippen molar-refractivity contribution in [2.75, 3.05) is 18.5 Å². The van der Waals surface area contributed by atoms with Crippen LogP contribution >= 0.6 is 12.4 Å². The van der Waals surface area contributed by atoms with Gasteiger partial charge in [0.05, 0.1) is 6.10 Å². The maximum Gasteiger partial charge on any atom is 0.244 e. The molecule has 128 valence electrons. The summed E-state index contributed by atoms with van der Waals surface area (Å²) in [5, 5.41) is 2.69. The molecular formula is C16H22ClFN2O3. The second-order valence-electron chi connectivity index (χ2n) is 6.04. The second-order valence-corrected chi connectivity index (χ2v) is 6.04. The van der Waals surface area contributed by atoms with E-state index in [1.54, 1.807) is 12.1 Å². The zero-order chi connectivity index (χ0) is 15.6. The van der Waals surface area contributed by atoms with Gasteiger partial charge in [-0.05, 0) is 44.2 Å². The minimum atomic E-state index is -0.949. The van der Waals surface area contributed by atoms with Crippen molar-refractivity contribution in [1.82, 2.24) is 0 Å². The van der Waals surface area contributed by atoms with Crippen molar-refractivity contribution in [1.29, 1.82) is 0 Å². The van der Waals surface area contributed by atoms with E-state index in [1.165, 1.54) is 6.07 Å². The van der Waals surface area contributed by atoms with Crippen LogP contribution in [0.4, 0.5) is 10.1 Å². The summed E-state index contributed by atoms with van der Waals surface area (Å²) < 4.78 is 24.8. The summed E-state index contributed by atoms with van der Waals surface area (Å²) in [5.74, 6) is -0.540. The molecule has 23 heavy (non-hydrogen) atoms. The summed E-state index contributed by atoms with van der Waals surface area (Å²) in [5.41, 5.74) is 5.54. The summed E-state index contributed by atoms with van der Waals surface area (Å²) >= 11 is 0. The number of ether oxygens (including phenoxy) is 2. The molecule has 0 aromatic heterocycles. The third-order valence-electron chi connectivity index (χ3n) is 4.37. The number of anilines is 1. The molecule has 1 aliphatic heterocycles. The highest BCUT2D eigenvalue weighted by Crippen LogP contribution is 2.29. The highest BCUT2D eigenvalue weighted by molar-refractivity contribution is 5.98. The number of rotatable bonds is 4. The van der Waals surface area contributed by atoms with Crippen LogP contribution in [0, 0.1) is 5.82 Å². The van der Waals surface area contributed by atoms with E-state index in [-0.39, 0.29) is 30.2 Å². The lowest BCUT2D eigenvalue weighted by Crippen LogP contribution is -2.54. The van der Waals surface area contributed by atoms with Gasteiger partial charge in [0.1, 0.15) is 5.54 Å². The Hall–Kier alpha value is -1.37. The van der Waals surface area contributed by atoms with E-state index in [4.69, 9.17) is 15.2 Å². The van der Waals surface area contributed by atoms with Crippen molar-refractivity contribution in [3.05, 3.63) is 24.0 Å². The standard InChI is InChI=1S/C16H21FN2O3.ClH/c17-13-10-11(4-5-14(13)22-12-2-1-3-12)19-15(20)16(18)6-8-21-9-7-16;/h4-5,10,12H,1-3,6-9,18H2,(H,19,20);1H. The molecule has 0 radical (unpaired) electrons. The monoisotopic (exact) mass is 344 g/mol. The van der Waals surface area contributed by atoms with E-state index in [0.29, 0.717) is 31.7 Å². The lowest BCUT2D eigenvalue weighted by molar-refractivity contribution is -0.124. The first-order chi connectivity index (χ1) is 10.6. The average molecular weight is 345 g/mol. The van der Waals surface area contributed by atoms with Crippen LogP contribution in [0.5, 0.6) is 5.75 Å². The van der Waals surface area contributed by atoms with Gasteiger partial charge in [-0.25, -0.2) is 4.39 Å². The summed E-state index contributed by atoms with van der Waals surface area (Å²) in [7, 11) is 0. The smallest absolute Gasteiger partial charge is 0.244 e. The largest absolute Gasteiger partial charge is 0.487 e. The Morgan fingerprint density at radius 2 is 2.04 bits per heavy atom. The summed E-state index contributed by atoms with van der Waals surface area (Å²) in [4.78, 5) is 12.3. The van der Waals surface area contributed by atoms with Crippen molar-refractivity contribution >= 4 is 24.0 Å². The number of amides is 1. The number of hydrogen-bond acceptors (Lipinski definition) is 4. The predicted molar refractivity (Wildman–Crippen MR) is 87.5 cm³/mol. The van der Waals surface area contributed by atoms with Gasteiger partial charge in [-0.15, -0.1) is 12.4 Å². The number of nitrogens with one attached hydrogen (secondary N) is 1. The fourth-order valence-corrected chi connectivity index (χ4v) is 2.56. The van der Waals surface area contributed by atoms with E-state index in [1.807, 2.05) is 0 Å². The first-order valence-corrected chi connectivity index (χ1v) is 7.71.